The van der Waals surface area contributed by atoms with Gasteiger partial charge in [-0.15, -0.1) is 0 Å². The molecule has 1 aliphatic rings. The first kappa shape index (κ1) is 23.6. The number of ether oxygens (including phenoxy) is 1. The maximum atomic E-state index is 12.8. The third-order valence-corrected chi connectivity index (χ3v) is 7.24. The van der Waals surface area contributed by atoms with Crippen LogP contribution in [0.15, 0.2) is 82.6 Å². The van der Waals surface area contributed by atoms with Crippen molar-refractivity contribution in [2.24, 2.45) is 0 Å². The van der Waals surface area contributed by atoms with Gasteiger partial charge in [0, 0.05) is 0 Å². The minimum Gasteiger partial charge on any atom is -0.497 e. The van der Waals surface area contributed by atoms with E-state index in [0.717, 1.165) is 22.9 Å². The molecule has 0 radical (unpaired) electrons. The molecule has 9 heteroatoms. The van der Waals surface area contributed by atoms with E-state index in [2.05, 4.69) is 0 Å². The van der Waals surface area contributed by atoms with Crippen LogP contribution in [-0.4, -0.2) is 31.6 Å². The summed E-state index contributed by atoms with van der Waals surface area (Å²) >= 11 is 0.875. The number of methoxy groups -OCH3 is 1. The van der Waals surface area contributed by atoms with E-state index in [-0.39, 0.29) is 28.3 Å². The maximum Gasteiger partial charge on any atom is 0.339 e. The molecule has 0 atom stereocenters. The Morgan fingerprint density at radius 1 is 0.882 bits per heavy atom. The Kier molecular flexibility index (Phi) is 6.76. The second kappa shape index (κ2) is 9.74. The van der Waals surface area contributed by atoms with E-state index in [0.29, 0.717) is 16.2 Å². The highest BCUT2D eigenvalue weighted by Crippen LogP contribution is 2.33. The Morgan fingerprint density at radius 2 is 1.50 bits per heavy atom. The molecule has 174 valence electrons. The van der Waals surface area contributed by atoms with E-state index in [1.165, 1.54) is 48.4 Å². The summed E-state index contributed by atoms with van der Waals surface area (Å²) in [6, 6.07) is 19.7. The lowest BCUT2D eigenvalue weighted by atomic mass is 10.1. The number of nitrogens with zero attached hydrogens (tertiary/aromatic N) is 1. The molecule has 3 aromatic carbocycles. The van der Waals surface area contributed by atoms with Crippen molar-refractivity contribution >= 4 is 39.1 Å². The molecule has 0 N–H and O–H groups in total. The van der Waals surface area contributed by atoms with Crippen LogP contribution in [0.2, 0.25) is 0 Å². The highest BCUT2D eigenvalue weighted by Gasteiger charge is 2.34. The number of hydrogen-bond donors (Lipinski definition) is 0. The van der Waals surface area contributed by atoms with Crippen LogP contribution in [-0.2, 0) is 21.5 Å². The van der Waals surface area contributed by atoms with Gasteiger partial charge in [-0.3, -0.25) is 14.5 Å². The molecule has 0 spiro atoms. The van der Waals surface area contributed by atoms with E-state index in [1.54, 1.807) is 18.2 Å². The number of hydrogen-bond acceptors (Lipinski definition) is 7. The highest BCUT2D eigenvalue weighted by atomic mass is 32.2. The Labute approximate surface area is 202 Å². The van der Waals surface area contributed by atoms with E-state index in [9.17, 15) is 18.0 Å². The first-order valence-electron chi connectivity index (χ1n) is 10.2. The van der Waals surface area contributed by atoms with Crippen LogP contribution in [0, 0.1) is 6.92 Å². The third kappa shape index (κ3) is 5.32. The molecule has 0 bridgehead atoms. The standard InChI is InChI=1S/C25H21NO6S2/c1-17-3-5-19(6-4-17)16-26-24(27)23(33-25(26)28)15-18-7-9-21(10-8-18)32-34(29,30)22-13-11-20(31-2)12-14-22/h3-15H,16H2,1-2H3/b23-15-. The summed E-state index contributed by atoms with van der Waals surface area (Å²) in [6.07, 6.45) is 1.60. The minimum absolute atomic E-state index is 0.000345. The van der Waals surface area contributed by atoms with Crippen molar-refractivity contribution < 1.29 is 26.9 Å². The van der Waals surface area contributed by atoms with Crippen molar-refractivity contribution in [1.29, 1.82) is 0 Å². The SMILES string of the molecule is COc1ccc(S(=O)(=O)Oc2ccc(/C=C3\SC(=O)N(Cc4ccc(C)cc4)C3=O)cc2)cc1. The number of imide groups is 1. The fraction of sp³-hybridized carbons (Fsp3) is 0.120. The third-order valence-electron chi connectivity index (χ3n) is 5.07. The zero-order valence-corrected chi connectivity index (χ0v) is 20.1. The van der Waals surface area contributed by atoms with Crippen LogP contribution in [0.3, 0.4) is 0 Å². The van der Waals surface area contributed by atoms with Gasteiger partial charge >= 0.3 is 10.1 Å². The molecule has 0 aliphatic carbocycles. The molecule has 7 nitrogen and oxygen atoms in total. The van der Waals surface area contributed by atoms with Gasteiger partial charge in [-0.25, -0.2) is 0 Å². The van der Waals surface area contributed by atoms with E-state index in [1.807, 2.05) is 31.2 Å². The van der Waals surface area contributed by atoms with Gasteiger partial charge in [0.05, 0.1) is 18.6 Å². The lowest BCUT2D eigenvalue weighted by Gasteiger charge is -2.12. The first-order valence-corrected chi connectivity index (χ1v) is 12.5. The highest BCUT2D eigenvalue weighted by molar-refractivity contribution is 8.18. The largest absolute Gasteiger partial charge is 0.497 e. The Morgan fingerprint density at radius 3 is 2.12 bits per heavy atom. The van der Waals surface area contributed by atoms with Gasteiger partial charge in [0.15, 0.2) is 0 Å². The molecule has 0 aromatic heterocycles. The molecular formula is C25H21NO6S2. The number of amides is 2. The summed E-state index contributed by atoms with van der Waals surface area (Å²) in [5.41, 5.74) is 2.60. The number of benzene rings is 3. The van der Waals surface area contributed by atoms with Crippen molar-refractivity contribution in [3.8, 4) is 11.5 Å². The van der Waals surface area contributed by atoms with Crippen molar-refractivity contribution in [3.63, 3.8) is 0 Å². The number of carbonyl (C=O) groups excluding carboxylic acids is 2. The Hall–Kier alpha value is -3.56. The Balaban J connectivity index is 1.45. The summed E-state index contributed by atoms with van der Waals surface area (Å²) in [6.45, 7) is 2.18. The van der Waals surface area contributed by atoms with Crippen molar-refractivity contribution in [1.82, 2.24) is 4.90 Å². The van der Waals surface area contributed by atoms with Gasteiger partial charge in [0.1, 0.15) is 16.4 Å². The molecule has 1 saturated heterocycles. The summed E-state index contributed by atoms with van der Waals surface area (Å²) in [7, 11) is -2.52. The lowest BCUT2D eigenvalue weighted by molar-refractivity contribution is -0.123. The molecule has 3 aromatic rings. The molecule has 1 fully saturated rings. The fourth-order valence-corrected chi connectivity index (χ4v) is 4.97. The van der Waals surface area contributed by atoms with Crippen LogP contribution < -0.4 is 8.92 Å². The minimum atomic E-state index is -4.01. The van der Waals surface area contributed by atoms with Crippen LogP contribution in [0.4, 0.5) is 4.79 Å². The number of rotatable bonds is 7. The summed E-state index contributed by atoms with van der Waals surface area (Å²) in [5, 5.41) is -0.331. The van der Waals surface area contributed by atoms with Gasteiger partial charge in [0.25, 0.3) is 11.1 Å². The molecule has 2 amide bonds. The number of aryl methyl sites for hydroxylation is 1. The molecule has 1 heterocycles. The van der Waals surface area contributed by atoms with Crippen LogP contribution in [0.25, 0.3) is 6.08 Å². The maximum absolute atomic E-state index is 12.8. The molecule has 0 unspecified atom stereocenters. The van der Waals surface area contributed by atoms with Gasteiger partial charge in [-0.2, -0.15) is 8.42 Å². The quantitative estimate of drug-likeness (QED) is 0.336. The predicted molar refractivity (Wildman–Crippen MR) is 130 cm³/mol. The Bertz CT molecular complexity index is 1350. The topological polar surface area (TPSA) is 90.0 Å². The summed E-state index contributed by atoms with van der Waals surface area (Å²) in [4.78, 5) is 26.6. The van der Waals surface area contributed by atoms with Crippen molar-refractivity contribution in [2.45, 2.75) is 18.4 Å². The number of carbonyl (C=O) groups is 2. The zero-order valence-electron chi connectivity index (χ0n) is 18.4. The van der Waals surface area contributed by atoms with Gasteiger partial charge in [-0.1, -0.05) is 42.0 Å². The average molecular weight is 496 g/mol. The molecule has 4 rings (SSSR count). The summed E-state index contributed by atoms with van der Waals surface area (Å²) < 4.78 is 35.2. The van der Waals surface area contributed by atoms with Gasteiger partial charge in [-0.05, 0) is 72.3 Å². The second-order valence-electron chi connectivity index (χ2n) is 7.54. The zero-order chi connectivity index (χ0) is 24.3. The molecular weight excluding hydrogens is 474 g/mol. The van der Waals surface area contributed by atoms with Crippen LogP contribution in [0.5, 0.6) is 11.5 Å². The molecule has 0 saturated carbocycles. The predicted octanol–water partition coefficient (Wildman–Crippen LogP) is 5.01. The normalized spacial score (nSPS) is 15.1. The van der Waals surface area contributed by atoms with Crippen molar-refractivity contribution in [2.75, 3.05) is 7.11 Å². The van der Waals surface area contributed by atoms with Crippen molar-refractivity contribution in [3.05, 3.63) is 94.4 Å². The van der Waals surface area contributed by atoms with E-state index >= 15 is 0 Å². The van der Waals surface area contributed by atoms with Gasteiger partial charge in [0.2, 0.25) is 0 Å². The van der Waals surface area contributed by atoms with E-state index in [4.69, 9.17) is 8.92 Å². The number of thioether (sulfide) groups is 1. The lowest BCUT2D eigenvalue weighted by Crippen LogP contribution is -2.27. The van der Waals surface area contributed by atoms with Crippen LogP contribution >= 0.6 is 11.8 Å². The smallest absolute Gasteiger partial charge is 0.339 e. The van der Waals surface area contributed by atoms with Gasteiger partial charge < -0.3 is 8.92 Å². The average Bonchev–Trinajstić information content (AvgIpc) is 3.09. The fourth-order valence-electron chi connectivity index (χ4n) is 3.20. The first-order chi connectivity index (χ1) is 16.2. The monoisotopic (exact) mass is 495 g/mol. The van der Waals surface area contributed by atoms with E-state index < -0.39 is 10.1 Å². The van der Waals surface area contributed by atoms with Crippen LogP contribution in [0.1, 0.15) is 16.7 Å². The molecule has 34 heavy (non-hydrogen) atoms. The summed E-state index contributed by atoms with van der Waals surface area (Å²) in [5.74, 6) is 0.296. The second-order valence-corrected chi connectivity index (χ2v) is 10.1. The molecule has 1 aliphatic heterocycles.